The first-order valence-corrected chi connectivity index (χ1v) is 6.15. The lowest BCUT2D eigenvalue weighted by Crippen LogP contribution is -2.59. The molecule has 5 heteroatoms. The molecule has 1 aliphatic rings. The number of methoxy groups -OCH3 is 2. The van der Waals surface area contributed by atoms with Crippen LogP contribution in [0.5, 0.6) is 0 Å². The highest BCUT2D eigenvalue weighted by Crippen LogP contribution is 2.19. The van der Waals surface area contributed by atoms with Crippen molar-refractivity contribution in [1.82, 2.24) is 10.6 Å². The van der Waals surface area contributed by atoms with Crippen molar-refractivity contribution < 1.29 is 14.3 Å². The topological polar surface area (TPSA) is 59.6 Å². The van der Waals surface area contributed by atoms with E-state index in [4.69, 9.17) is 9.47 Å². The summed E-state index contributed by atoms with van der Waals surface area (Å²) in [5.74, 6) is 0.0174. The summed E-state index contributed by atoms with van der Waals surface area (Å²) < 4.78 is 10.3. The normalized spacial score (nSPS) is 26.9. The summed E-state index contributed by atoms with van der Waals surface area (Å²) in [6.07, 6.45) is 2.68. The molecular weight excluding hydrogens is 220 g/mol. The standard InChI is InChI=1S/C12H24N2O3/c1-9(10(16-3)17-4)14-11(15)12(2)7-5-6-8-13-12/h9-10,13H,5-8H2,1-4H3,(H,14,15). The largest absolute Gasteiger partial charge is 0.354 e. The van der Waals surface area contributed by atoms with Gasteiger partial charge in [-0.15, -0.1) is 0 Å². The Balaban J connectivity index is 2.52. The Labute approximate surface area is 103 Å². The number of rotatable bonds is 5. The second-order valence-corrected chi connectivity index (χ2v) is 4.82. The van der Waals surface area contributed by atoms with Crippen LogP contribution in [0.25, 0.3) is 0 Å². The molecule has 1 rings (SSSR count). The molecule has 5 nitrogen and oxygen atoms in total. The zero-order valence-corrected chi connectivity index (χ0v) is 11.2. The molecule has 17 heavy (non-hydrogen) atoms. The van der Waals surface area contributed by atoms with E-state index in [9.17, 15) is 4.79 Å². The quantitative estimate of drug-likeness (QED) is 0.697. The number of hydrogen-bond donors (Lipinski definition) is 2. The van der Waals surface area contributed by atoms with Crippen LogP contribution in [-0.2, 0) is 14.3 Å². The second-order valence-electron chi connectivity index (χ2n) is 4.82. The van der Waals surface area contributed by atoms with Gasteiger partial charge in [0.1, 0.15) is 0 Å². The molecule has 0 spiro atoms. The van der Waals surface area contributed by atoms with Crippen molar-refractivity contribution in [2.45, 2.75) is 51.0 Å². The van der Waals surface area contributed by atoms with E-state index in [1.807, 2.05) is 13.8 Å². The Morgan fingerprint density at radius 3 is 2.47 bits per heavy atom. The van der Waals surface area contributed by atoms with Crippen LogP contribution in [0.3, 0.4) is 0 Å². The van der Waals surface area contributed by atoms with E-state index in [1.165, 1.54) is 0 Å². The lowest BCUT2D eigenvalue weighted by molar-refractivity contribution is -0.140. The van der Waals surface area contributed by atoms with Gasteiger partial charge in [-0.2, -0.15) is 0 Å². The fourth-order valence-corrected chi connectivity index (χ4v) is 2.19. The van der Waals surface area contributed by atoms with Crippen LogP contribution < -0.4 is 10.6 Å². The minimum atomic E-state index is -0.460. The summed E-state index contributed by atoms with van der Waals surface area (Å²) in [5, 5.41) is 6.22. The molecule has 1 fully saturated rings. The maximum absolute atomic E-state index is 12.2. The van der Waals surface area contributed by atoms with Crippen LogP contribution in [0.15, 0.2) is 0 Å². The van der Waals surface area contributed by atoms with Crippen LogP contribution in [0.2, 0.25) is 0 Å². The molecule has 0 radical (unpaired) electrons. The third-order valence-electron chi connectivity index (χ3n) is 3.35. The van der Waals surface area contributed by atoms with Gasteiger partial charge in [0.05, 0.1) is 11.6 Å². The fourth-order valence-electron chi connectivity index (χ4n) is 2.19. The monoisotopic (exact) mass is 244 g/mol. The van der Waals surface area contributed by atoms with Crippen molar-refractivity contribution >= 4 is 5.91 Å². The van der Waals surface area contributed by atoms with Crippen molar-refractivity contribution in [2.75, 3.05) is 20.8 Å². The Hall–Kier alpha value is -0.650. The average Bonchev–Trinajstić information content (AvgIpc) is 2.31. The van der Waals surface area contributed by atoms with Crippen LogP contribution >= 0.6 is 0 Å². The number of carbonyl (C=O) groups excluding carboxylic acids is 1. The van der Waals surface area contributed by atoms with E-state index in [1.54, 1.807) is 14.2 Å². The molecule has 0 saturated carbocycles. The van der Waals surface area contributed by atoms with E-state index in [-0.39, 0.29) is 11.9 Å². The molecule has 0 aromatic rings. The van der Waals surface area contributed by atoms with Gasteiger partial charge in [0.15, 0.2) is 6.29 Å². The first kappa shape index (κ1) is 14.4. The summed E-state index contributed by atoms with van der Waals surface area (Å²) in [6, 6.07) is -0.168. The number of amides is 1. The third kappa shape index (κ3) is 3.66. The zero-order chi connectivity index (χ0) is 12.9. The number of ether oxygens (including phenoxy) is 2. The lowest BCUT2D eigenvalue weighted by Gasteiger charge is -2.35. The third-order valence-corrected chi connectivity index (χ3v) is 3.35. The van der Waals surface area contributed by atoms with Gasteiger partial charge in [-0.3, -0.25) is 4.79 Å². The molecule has 1 heterocycles. The van der Waals surface area contributed by atoms with Gasteiger partial charge >= 0.3 is 0 Å². The first-order valence-electron chi connectivity index (χ1n) is 6.15. The fraction of sp³-hybridized carbons (Fsp3) is 0.917. The SMILES string of the molecule is COC(OC)C(C)NC(=O)C1(C)CCCCN1. The Morgan fingerprint density at radius 2 is 2.00 bits per heavy atom. The molecule has 2 atom stereocenters. The van der Waals surface area contributed by atoms with Gasteiger partial charge in [0, 0.05) is 14.2 Å². The van der Waals surface area contributed by atoms with Crippen LogP contribution in [0, 0.1) is 0 Å². The van der Waals surface area contributed by atoms with Crippen molar-refractivity contribution in [2.24, 2.45) is 0 Å². The Morgan fingerprint density at radius 1 is 1.35 bits per heavy atom. The summed E-state index contributed by atoms with van der Waals surface area (Å²) >= 11 is 0. The van der Waals surface area contributed by atoms with E-state index in [0.717, 1.165) is 25.8 Å². The zero-order valence-electron chi connectivity index (χ0n) is 11.2. The number of piperidine rings is 1. The molecule has 100 valence electrons. The van der Waals surface area contributed by atoms with Gasteiger partial charge in [-0.1, -0.05) is 0 Å². The van der Waals surface area contributed by atoms with Gasteiger partial charge in [0.25, 0.3) is 0 Å². The summed E-state index contributed by atoms with van der Waals surface area (Å²) in [7, 11) is 3.13. The number of nitrogens with one attached hydrogen (secondary N) is 2. The van der Waals surface area contributed by atoms with E-state index in [2.05, 4.69) is 10.6 Å². The maximum Gasteiger partial charge on any atom is 0.240 e. The smallest absolute Gasteiger partial charge is 0.240 e. The van der Waals surface area contributed by atoms with Crippen molar-refractivity contribution in [3.63, 3.8) is 0 Å². The van der Waals surface area contributed by atoms with E-state index < -0.39 is 11.8 Å². The Kier molecular flexibility index (Phi) is 5.36. The van der Waals surface area contributed by atoms with Crippen molar-refractivity contribution in [1.29, 1.82) is 0 Å². The van der Waals surface area contributed by atoms with Gasteiger partial charge < -0.3 is 20.1 Å². The van der Waals surface area contributed by atoms with Crippen molar-refractivity contribution in [3.8, 4) is 0 Å². The Bertz CT molecular complexity index is 248. The predicted molar refractivity (Wildman–Crippen MR) is 65.7 cm³/mol. The summed E-state index contributed by atoms with van der Waals surface area (Å²) in [4.78, 5) is 12.2. The van der Waals surface area contributed by atoms with E-state index >= 15 is 0 Å². The first-order chi connectivity index (χ1) is 8.03. The molecule has 0 aliphatic carbocycles. The molecule has 1 amide bonds. The van der Waals surface area contributed by atoms with Gasteiger partial charge in [-0.05, 0) is 39.7 Å². The molecule has 0 bridgehead atoms. The number of carbonyl (C=O) groups is 1. The maximum atomic E-state index is 12.2. The molecule has 0 aromatic carbocycles. The predicted octanol–water partition coefficient (Wildman–Crippen LogP) is 0.642. The minimum Gasteiger partial charge on any atom is -0.354 e. The van der Waals surface area contributed by atoms with Crippen LogP contribution in [0.1, 0.15) is 33.1 Å². The lowest BCUT2D eigenvalue weighted by atomic mass is 9.90. The number of hydrogen-bond acceptors (Lipinski definition) is 4. The van der Waals surface area contributed by atoms with Gasteiger partial charge in [-0.25, -0.2) is 0 Å². The van der Waals surface area contributed by atoms with E-state index in [0.29, 0.717) is 0 Å². The summed E-state index contributed by atoms with van der Waals surface area (Å²) in [5.41, 5.74) is -0.460. The molecule has 0 aromatic heterocycles. The average molecular weight is 244 g/mol. The molecule has 1 saturated heterocycles. The highest BCUT2D eigenvalue weighted by atomic mass is 16.7. The van der Waals surface area contributed by atoms with Crippen LogP contribution in [0.4, 0.5) is 0 Å². The molecule has 2 N–H and O–H groups in total. The second kappa shape index (κ2) is 6.33. The van der Waals surface area contributed by atoms with Crippen molar-refractivity contribution in [3.05, 3.63) is 0 Å². The highest BCUT2D eigenvalue weighted by Gasteiger charge is 2.35. The van der Waals surface area contributed by atoms with Crippen LogP contribution in [-0.4, -0.2) is 44.5 Å². The molecule has 2 unspecified atom stereocenters. The highest BCUT2D eigenvalue weighted by molar-refractivity contribution is 5.86. The minimum absolute atomic E-state index is 0.0174. The summed E-state index contributed by atoms with van der Waals surface area (Å²) in [6.45, 7) is 4.72. The molecular formula is C12H24N2O3. The van der Waals surface area contributed by atoms with Gasteiger partial charge in [0.2, 0.25) is 5.91 Å². The molecule has 1 aliphatic heterocycles.